The van der Waals surface area contributed by atoms with Crippen molar-refractivity contribution in [2.75, 3.05) is 6.61 Å². The Hall–Kier alpha value is -1.35. The van der Waals surface area contributed by atoms with Gasteiger partial charge in [-0.25, -0.2) is 17.6 Å². The van der Waals surface area contributed by atoms with Crippen LogP contribution >= 0.6 is 0 Å². The van der Waals surface area contributed by atoms with Crippen molar-refractivity contribution in [1.29, 1.82) is 0 Å². The molecule has 0 saturated heterocycles. The maximum absolute atomic E-state index is 13.3. The van der Waals surface area contributed by atoms with Crippen molar-refractivity contribution in [2.45, 2.75) is 12.2 Å². The van der Waals surface area contributed by atoms with Crippen molar-refractivity contribution in [2.24, 2.45) is 5.73 Å². The molecule has 0 aliphatic heterocycles. The van der Waals surface area contributed by atoms with Crippen LogP contribution in [0.5, 0.6) is 0 Å². The Balaban J connectivity index is 3.71. The number of benzene rings is 1. The molecular formula is C9H6F7NO. The van der Waals surface area contributed by atoms with Gasteiger partial charge in [-0.15, -0.1) is 0 Å². The minimum absolute atomic E-state index is 1.14. The molecule has 0 amide bonds. The van der Waals surface area contributed by atoms with Gasteiger partial charge >= 0.3 is 6.18 Å². The highest BCUT2D eigenvalue weighted by Crippen LogP contribution is 2.38. The Bertz CT molecular complexity index is 471. The Morgan fingerprint density at radius 1 is 0.944 bits per heavy atom. The average Bonchev–Trinajstić information content (AvgIpc) is 2.24. The normalized spacial score (nSPS) is 13.8. The van der Waals surface area contributed by atoms with E-state index >= 15 is 0 Å². The largest absolute Gasteiger partial charge is 0.422 e. The number of hydrogen-bond donors (Lipinski definition) is 2. The van der Waals surface area contributed by atoms with Gasteiger partial charge in [0.15, 0.2) is 17.5 Å². The van der Waals surface area contributed by atoms with Crippen LogP contribution in [0.2, 0.25) is 0 Å². The first-order valence-corrected chi connectivity index (χ1v) is 4.42. The summed E-state index contributed by atoms with van der Waals surface area (Å²) in [6.07, 6.45) is -5.56. The van der Waals surface area contributed by atoms with Crippen LogP contribution in [0.25, 0.3) is 0 Å². The molecular weight excluding hydrogens is 271 g/mol. The first kappa shape index (κ1) is 14.7. The molecule has 1 aromatic rings. The second-order valence-corrected chi connectivity index (χ2v) is 3.33. The standard InChI is InChI=1S/C9H6F7NO/c10-5-3(2(17)1-18)6(11)8(13)7(12)4(5)9(14,15)16/h2,18H,1,17H2/t2-/m1/s1. The zero-order valence-corrected chi connectivity index (χ0v) is 8.45. The molecule has 0 aliphatic rings. The van der Waals surface area contributed by atoms with Crippen LogP contribution in [-0.4, -0.2) is 11.7 Å². The molecule has 0 aliphatic carbocycles. The Morgan fingerprint density at radius 3 is 1.83 bits per heavy atom. The molecule has 0 spiro atoms. The summed E-state index contributed by atoms with van der Waals surface area (Å²) in [7, 11) is 0. The Kier molecular flexibility index (Phi) is 3.86. The maximum Gasteiger partial charge on any atom is 0.422 e. The number of aliphatic hydroxyl groups is 1. The van der Waals surface area contributed by atoms with Crippen molar-refractivity contribution in [3.05, 3.63) is 34.4 Å². The topological polar surface area (TPSA) is 46.2 Å². The predicted octanol–water partition coefficient (Wildman–Crippen LogP) is 2.25. The van der Waals surface area contributed by atoms with Gasteiger partial charge in [0.05, 0.1) is 12.6 Å². The second kappa shape index (κ2) is 4.73. The minimum atomic E-state index is -5.56. The van der Waals surface area contributed by atoms with Crippen LogP contribution in [-0.2, 0) is 6.18 Å². The third-order valence-electron chi connectivity index (χ3n) is 2.15. The summed E-state index contributed by atoms with van der Waals surface area (Å²) in [5, 5.41) is 8.54. The number of rotatable bonds is 2. The molecule has 0 bridgehead atoms. The van der Waals surface area contributed by atoms with Crippen molar-refractivity contribution < 1.29 is 35.8 Å². The summed E-state index contributed by atoms with van der Waals surface area (Å²) in [6, 6.07) is -1.94. The lowest BCUT2D eigenvalue weighted by molar-refractivity contribution is -0.143. The lowest BCUT2D eigenvalue weighted by Crippen LogP contribution is -2.23. The lowest BCUT2D eigenvalue weighted by atomic mass is 10.0. The molecule has 1 atom stereocenters. The molecule has 0 fully saturated rings. The maximum atomic E-state index is 13.3. The van der Waals surface area contributed by atoms with E-state index in [2.05, 4.69) is 0 Å². The summed E-state index contributed by atoms with van der Waals surface area (Å²) in [4.78, 5) is 0. The highest BCUT2D eigenvalue weighted by Gasteiger charge is 2.42. The van der Waals surface area contributed by atoms with E-state index in [4.69, 9.17) is 10.8 Å². The molecule has 1 aromatic carbocycles. The van der Waals surface area contributed by atoms with E-state index in [0.717, 1.165) is 0 Å². The second-order valence-electron chi connectivity index (χ2n) is 3.33. The number of hydrogen-bond acceptors (Lipinski definition) is 2. The quantitative estimate of drug-likeness (QED) is 0.495. The number of halogens is 7. The average molecular weight is 277 g/mol. The van der Waals surface area contributed by atoms with E-state index in [-0.39, 0.29) is 0 Å². The van der Waals surface area contributed by atoms with Gasteiger partial charge < -0.3 is 10.8 Å². The number of alkyl halides is 3. The number of nitrogens with two attached hydrogens (primary N) is 1. The molecule has 0 aromatic heterocycles. The lowest BCUT2D eigenvalue weighted by Gasteiger charge is -2.17. The third-order valence-corrected chi connectivity index (χ3v) is 2.15. The minimum Gasteiger partial charge on any atom is -0.394 e. The van der Waals surface area contributed by atoms with Crippen molar-refractivity contribution in [3.8, 4) is 0 Å². The van der Waals surface area contributed by atoms with E-state index < -0.39 is 53.2 Å². The van der Waals surface area contributed by atoms with Crippen LogP contribution in [0.15, 0.2) is 0 Å². The molecule has 102 valence electrons. The highest BCUT2D eigenvalue weighted by molar-refractivity contribution is 5.34. The van der Waals surface area contributed by atoms with Gasteiger partial charge in [-0.05, 0) is 0 Å². The van der Waals surface area contributed by atoms with Gasteiger partial charge in [-0.1, -0.05) is 0 Å². The van der Waals surface area contributed by atoms with E-state index in [9.17, 15) is 30.7 Å². The molecule has 0 unspecified atom stereocenters. The van der Waals surface area contributed by atoms with Crippen LogP contribution < -0.4 is 5.73 Å². The molecule has 18 heavy (non-hydrogen) atoms. The molecule has 0 saturated carbocycles. The summed E-state index contributed by atoms with van der Waals surface area (Å²) in [6.45, 7) is -1.14. The first-order valence-electron chi connectivity index (χ1n) is 4.42. The molecule has 2 nitrogen and oxygen atoms in total. The predicted molar refractivity (Wildman–Crippen MR) is 45.3 cm³/mol. The Morgan fingerprint density at radius 2 is 1.44 bits per heavy atom. The number of aliphatic hydroxyl groups excluding tert-OH is 1. The molecule has 9 heteroatoms. The Labute approximate surface area is 95.8 Å². The van der Waals surface area contributed by atoms with Gasteiger partial charge in [0, 0.05) is 5.56 Å². The summed E-state index contributed by atoms with van der Waals surface area (Å²) in [5.74, 6) is -9.76. The summed E-state index contributed by atoms with van der Waals surface area (Å²) < 4.78 is 89.1. The van der Waals surface area contributed by atoms with Crippen LogP contribution in [0, 0.1) is 23.3 Å². The molecule has 0 heterocycles. The van der Waals surface area contributed by atoms with Crippen LogP contribution in [0.1, 0.15) is 17.2 Å². The fraction of sp³-hybridized carbons (Fsp3) is 0.333. The fourth-order valence-electron chi connectivity index (χ4n) is 1.32. The zero-order chi connectivity index (χ0) is 14.2. The van der Waals surface area contributed by atoms with Crippen molar-refractivity contribution in [3.63, 3.8) is 0 Å². The van der Waals surface area contributed by atoms with Gasteiger partial charge in [0.25, 0.3) is 0 Å². The highest BCUT2D eigenvalue weighted by atomic mass is 19.4. The van der Waals surface area contributed by atoms with Gasteiger partial charge in [0.1, 0.15) is 11.4 Å². The van der Waals surface area contributed by atoms with E-state index in [1.54, 1.807) is 0 Å². The van der Waals surface area contributed by atoms with E-state index in [0.29, 0.717) is 0 Å². The molecule has 1 rings (SSSR count). The van der Waals surface area contributed by atoms with Gasteiger partial charge in [-0.2, -0.15) is 13.2 Å². The smallest absolute Gasteiger partial charge is 0.394 e. The van der Waals surface area contributed by atoms with Crippen LogP contribution in [0.3, 0.4) is 0 Å². The van der Waals surface area contributed by atoms with Crippen LogP contribution in [0.4, 0.5) is 30.7 Å². The first-order chi connectivity index (χ1) is 8.12. The summed E-state index contributed by atoms with van der Waals surface area (Å²) >= 11 is 0. The molecule has 0 radical (unpaired) electrons. The van der Waals surface area contributed by atoms with E-state index in [1.165, 1.54) is 0 Å². The van der Waals surface area contributed by atoms with Gasteiger partial charge in [-0.3, -0.25) is 0 Å². The fourth-order valence-corrected chi connectivity index (χ4v) is 1.32. The monoisotopic (exact) mass is 277 g/mol. The SMILES string of the molecule is N[C@H](CO)c1c(F)c(F)c(F)c(C(F)(F)F)c1F. The van der Waals surface area contributed by atoms with Crippen molar-refractivity contribution in [1.82, 2.24) is 0 Å². The molecule has 3 N–H and O–H groups in total. The third kappa shape index (κ3) is 2.27. The van der Waals surface area contributed by atoms with E-state index in [1.807, 2.05) is 0 Å². The van der Waals surface area contributed by atoms with Gasteiger partial charge in [0.2, 0.25) is 0 Å². The summed E-state index contributed by atoms with van der Waals surface area (Å²) in [5.41, 5.74) is 0.805. The van der Waals surface area contributed by atoms with Crippen molar-refractivity contribution >= 4 is 0 Å². The zero-order valence-electron chi connectivity index (χ0n) is 8.45.